The molecule has 2 heterocycles. The van der Waals surface area contributed by atoms with Crippen LogP contribution in [0.5, 0.6) is 0 Å². The van der Waals surface area contributed by atoms with Gasteiger partial charge < -0.3 is 15.2 Å². The van der Waals surface area contributed by atoms with Crippen molar-refractivity contribution in [3.8, 4) is 0 Å². The van der Waals surface area contributed by atoms with Gasteiger partial charge in [0.1, 0.15) is 6.17 Å². The molecule has 0 radical (unpaired) electrons. The number of nitrogens with one attached hydrogen (secondary N) is 1. The highest BCUT2D eigenvalue weighted by molar-refractivity contribution is 5.73. The summed E-state index contributed by atoms with van der Waals surface area (Å²) in [6, 6.07) is 0. The molecule has 2 saturated heterocycles. The van der Waals surface area contributed by atoms with Crippen LogP contribution < -0.4 is 5.32 Å². The lowest BCUT2D eigenvalue weighted by Crippen LogP contribution is -2.63. The Labute approximate surface area is 94.9 Å². The van der Waals surface area contributed by atoms with Crippen molar-refractivity contribution in [1.29, 1.82) is 0 Å². The summed E-state index contributed by atoms with van der Waals surface area (Å²) in [7, 11) is 0. The van der Waals surface area contributed by atoms with Crippen LogP contribution in [0.3, 0.4) is 0 Å². The van der Waals surface area contributed by atoms with Crippen molar-refractivity contribution in [3.63, 3.8) is 0 Å². The predicted molar refractivity (Wildman–Crippen MR) is 49.4 cm³/mol. The van der Waals surface area contributed by atoms with E-state index in [4.69, 9.17) is 14.6 Å². The molecule has 1 unspecified atom stereocenters. The first-order valence-corrected chi connectivity index (χ1v) is 5.04. The van der Waals surface area contributed by atoms with Crippen molar-refractivity contribution < 1.29 is 32.2 Å². The fourth-order valence-corrected chi connectivity index (χ4v) is 1.62. The summed E-state index contributed by atoms with van der Waals surface area (Å²) in [5.74, 6) is -2.76. The molecule has 2 aliphatic rings. The molecule has 0 amide bonds. The molecule has 4 nitrogen and oxygen atoms in total. The van der Waals surface area contributed by atoms with E-state index in [1.807, 2.05) is 0 Å². The largest absolute Gasteiger partial charge is 0.490 e. The van der Waals surface area contributed by atoms with E-state index in [1.54, 1.807) is 0 Å². The van der Waals surface area contributed by atoms with Gasteiger partial charge in [-0.3, -0.25) is 0 Å². The average Bonchev–Trinajstić information content (AvgIpc) is 2.15. The molecule has 0 aliphatic carbocycles. The summed E-state index contributed by atoms with van der Waals surface area (Å²) in [6.07, 6.45) is -4.53. The molecule has 1 spiro atoms. The number of carboxylic acid groups (broad SMARTS) is 1. The molecule has 0 aromatic carbocycles. The zero-order valence-electron chi connectivity index (χ0n) is 8.89. The van der Waals surface area contributed by atoms with E-state index in [-0.39, 0.29) is 5.60 Å². The lowest BCUT2D eigenvalue weighted by Gasteiger charge is -2.45. The van der Waals surface area contributed by atoms with Crippen LogP contribution in [0.25, 0.3) is 0 Å². The van der Waals surface area contributed by atoms with Gasteiger partial charge in [0.25, 0.3) is 0 Å². The molecule has 0 aromatic rings. The van der Waals surface area contributed by atoms with Crippen molar-refractivity contribution in [2.45, 2.75) is 30.8 Å². The summed E-state index contributed by atoms with van der Waals surface area (Å²) < 4.78 is 50.0. The Morgan fingerprint density at radius 3 is 2.18 bits per heavy atom. The van der Waals surface area contributed by atoms with Gasteiger partial charge in [-0.1, -0.05) is 0 Å². The zero-order chi connectivity index (χ0) is 13.1. The minimum atomic E-state index is -5.08. The Morgan fingerprint density at radius 2 is 1.94 bits per heavy atom. The number of alkyl halides is 4. The second kappa shape index (κ2) is 5.18. The second-order valence-corrected chi connectivity index (χ2v) is 4.03. The molecule has 1 atom stereocenters. The van der Waals surface area contributed by atoms with Crippen LogP contribution in [-0.4, -0.2) is 48.7 Å². The summed E-state index contributed by atoms with van der Waals surface area (Å²) in [6.45, 7) is 2.28. The smallest absolute Gasteiger partial charge is 0.475 e. The normalized spacial score (nSPS) is 26.7. The minimum Gasteiger partial charge on any atom is -0.475 e. The SMILES string of the molecule is FC1CCOC2(CNC2)C1.O=C(O)C(F)(F)F. The molecule has 2 N–H and O–H groups in total. The third-order valence-corrected chi connectivity index (χ3v) is 2.57. The first kappa shape index (κ1) is 14.2. The molecular formula is C9H13F4NO3. The molecule has 0 bridgehead atoms. The van der Waals surface area contributed by atoms with Crippen LogP contribution in [0.4, 0.5) is 17.6 Å². The lowest BCUT2D eigenvalue weighted by atomic mass is 9.87. The molecule has 0 saturated carbocycles. The van der Waals surface area contributed by atoms with Crippen molar-refractivity contribution in [2.75, 3.05) is 19.7 Å². The van der Waals surface area contributed by atoms with E-state index in [1.165, 1.54) is 0 Å². The summed E-state index contributed by atoms with van der Waals surface area (Å²) >= 11 is 0. The molecule has 2 rings (SSSR count). The number of aliphatic carboxylic acids is 1. The van der Waals surface area contributed by atoms with Crippen LogP contribution in [-0.2, 0) is 9.53 Å². The highest BCUT2D eigenvalue weighted by atomic mass is 19.4. The topological polar surface area (TPSA) is 58.6 Å². The molecule has 17 heavy (non-hydrogen) atoms. The Kier molecular flexibility index (Phi) is 4.31. The van der Waals surface area contributed by atoms with E-state index >= 15 is 0 Å². The Hall–Kier alpha value is -0.890. The highest BCUT2D eigenvalue weighted by Gasteiger charge is 2.42. The monoisotopic (exact) mass is 259 g/mol. The Morgan fingerprint density at radius 1 is 1.41 bits per heavy atom. The molecule has 8 heteroatoms. The third kappa shape index (κ3) is 4.12. The van der Waals surface area contributed by atoms with Crippen molar-refractivity contribution in [1.82, 2.24) is 5.32 Å². The van der Waals surface area contributed by atoms with Crippen LogP contribution >= 0.6 is 0 Å². The van der Waals surface area contributed by atoms with Crippen LogP contribution in [0.1, 0.15) is 12.8 Å². The van der Waals surface area contributed by atoms with Crippen molar-refractivity contribution in [3.05, 3.63) is 0 Å². The van der Waals surface area contributed by atoms with E-state index in [0.29, 0.717) is 19.4 Å². The zero-order valence-corrected chi connectivity index (χ0v) is 8.89. The first-order valence-electron chi connectivity index (χ1n) is 5.04. The van der Waals surface area contributed by atoms with Gasteiger partial charge in [-0.2, -0.15) is 13.2 Å². The lowest BCUT2D eigenvalue weighted by molar-refractivity contribution is -0.192. The number of hydrogen-bond donors (Lipinski definition) is 2. The quantitative estimate of drug-likeness (QED) is 0.640. The number of halogens is 4. The molecule has 0 aromatic heterocycles. The maximum Gasteiger partial charge on any atom is 0.490 e. The molecule has 2 fully saturated rings. The van der Waals surface area contributed by atoms with Gasteiger partial charge in [-0.25, -0.2) is 9.18 Å². The van der Waals surface area contributed by atoms with Gasteiger partial charge in [0, 0.05) is 25.9 Å². The number of carbonyl (C=O) groups is 1. The summed E-state index contributed by atoms with van der Waals surface area (Å²) in [5.41, 5.74) is -0.113. The fraction of sp³-hybridized carbons (Fsp3) is 0.889. The van der Waals surface area contributed by atoms with Gasteiger partial charge in [0.05, 0.1) is 12.2 Å². The second-order valence-electron chi connectivity index (χ2n) is 4.03. The molecule has 2 aliphatic heterocycles. The summed E-state index contributed by atoms with van der Waals surface area (Å²) in [4.78, 5) is 8.90. The fourth-order valence-electron chi connectivity index (χ4n) is 1.62. The van der Waals surface area contributed by atoms with Gasteiger partial charge in [-0.15, -0.1) is 0 Å². The van der Waals surface area contributed by atoms with Gasteiger partial charge in [0.15, 0.2) is 0 Å². The number of hydrogen-bond acceptors (Lipinski definition) is 3. The minimum absolute atomic E-state index is 0.113. The van der Waals surface area contributed by atoms with Crippen LogP contribution in [0.15, 0.2) is 0 Å². The number of ether oxygens (including phenoxy) is 1. The van der Waals surface area contributed by atoms with E-state index in [9.17, 15) is 17.6 Å². The van der Waals surface area contributed by atoms with Gasteiger partial charge in [0.2, 0.25) is 0 Å². The first-order chi connectivity index (χ1) is 7.75. The van der Waals surface area contributed by atoms with E-state index < -0.39 is 18.3 Å². The van der Waals surface area contributed by atoms with E-state index in [2.05, 4.69) is 5.32 Å². The summed E-state index contributed by atoms with van der Waals surface area (Å²) in [5, 5.41) is 10.2. The maximum atomic E-state index is 12.8. The third-order valence-electron chi connectivity index (χ3n) is 2.57. The predicted octanol–water partition coefficient (Wildman–Crippen LogP) is 1.11. The number of carboxylic acids is 1. The Balaban J connectivity index is 0.000000185. The van der Waals surface area contributed by atoms with Crippen molar-refractivity contribution in [2.24, 2.45) is 0 Å². The molecule has 100 valence electrons. The van der Waals surface area contributed by atoms with Crippen LogP contribution in [0.2, 0.25) is 0 Å². The van der Waals surface area contributed by atoms with Gasteiger partial charge >= 0.3 is 12.1 Å². The number of rotatable bonds is 0. The van der Waals surface area contributed by atoms with Gasteiger partial charge in [-0.05, 0) is 0 Å². The highest BCUT2D eigenvalue weighted by Crippen LogP contribution is 2.29. The van der Waals surface area contributed by atoms with Crippen molar-refractivity contribution >= 4 is 5.97 Å². The van der Waals surface area contributed by atoms with Crippen LogP contribution in [0, 0.1) is 0 Å². The van der Waals surface area contributed by atoms with E-state index in [0.717, 1.165) is 13.1 Å². The Bertz CT molecular complexity index is 278. The maximum absolute atomic E-state index is 12.8. The average molecular weight is 259 g/mol. The standard InChI is InChI=1S/C7H12FNO.C2HF3O2/c8-6-1-2-10-7(3-6)4-9-5-7;3-2(4,5)1(6)7/h6,9H,1-5H2;(H,6,7). The molecular weight excluding hydrogens is 246 g/mol.